The number of halogens is 1. The van der Waals surface area contributed by atoms with Crippen molar-refractivity contribution in [2.24, 2.45) is 0 Å². The number of carbonyl (C=O) groups is 2. The van der Waals surface area contributed by atoms with Crippen molar-refractivity contribution in [1.29, 1.82) is 0 Å². The van der Waals surface area contributed by atoms with Gasteiger partial charge in [-0.1, -0.05) is 6.07 Å². The maximum absolute atomic E-state index is 12.4. The first-order chi connectivity index (χ1) is 11.1. The van der Waals surface area contributed by atoms with E-state index in [1.807, 2.05) is 0 Å². The molecule has 0 saturated carbocycles. The average Bonchev–Trinajstić information content (AvgIpc) is 2.61. The Hall–Kier alpha value is -1.83. The maximum Gasteiger partial charge on any atom is 0.254 e. The number of nitrogens with zero attached hydrogens (tertiary/aromatic N) is 2. The summed E-state index contributed by atoms with van der Waals surface area (Å²) in [5.41, 5.74) is 0.465. The number of carbonyl (C=O) groups excluding carboxylic acids is 2. The molecule has 132 valence electrons. The van der Waals surface area contributed by atoms with Gasteiger partial charge in [-0.25, -0.2) is 0 Å². The summed E-state index contributed by atoms with van der Waals surface area (Å²) < 4.78 is 5.32. The lowest BCUT2D eigenvalue weighted by Crippen LogP contribution is -2.57. The summed E-state index contributed by atoms with van der Waals surface area (Å²) in [4.78, 5) is 28.3. The average molecular weight is 356 g/mol. The third-order valence-corrected chi connectivity index (χ3v) is 4.19. The van der Waals surface area contributed by atoms with Crippen molar-refractivity contribution >= 4 is 24.2 Å². The zero-order valence-corrected chi connectivity index (χ0v) is 14.1. The number of phenols is 1. The highest BCUT2D eigenvalue weighted by molar-refractivity contribution is 5.94. The fourth-order valence-corrected chi connectivity index (χ4v) is 2.90. The predicted molar refractivity (Wildman–Crippen MR) is 90.4 cm³/mol. The van der Waals surface area contributed by atoms with Crippen molar-refractivity contribution in [2.45, 2.75) is 6.04 Å². The van der Waals surface area contributed by atoms with E-state index in [0.717, 1.165) is 0 Å². The van der Waals surface area contributed by atoms with Crippen molar-refractivity contribution < 1.29 is 19.4 Å². The quantitative estimate of drug-likeness (QED) is 0.785. The zero-order valence-electron chi connectivity index (χ0n) is 13.3. The number of morpholine rings is 1. The second-order valence-corrected chi connectivity index (χ2v) is 5.75. The van der Waals surface area contributed by atoms with E-state index in [1.54, 1.807) is 21.9 Å². The molecule has 2 aliphatic rings. The van der Waals surface area contributed by atoms with Gasteiger partial charge in [-0.05, 0) is 18.2 Å². The van der Waals surface area contributed by atoms with Gasteiger partial charge < -0.3 is 25.0 Å². The van der Waals surface area contributed by atoms with Gasteiger partial charge in [-0.2, -0.15) is 0 Å². The SMILES string of the molecule is Cl.O=C(c1cccc(O)c1)N1CCN(C(=O)C2COCCN2)CC1. The van der Waals surface area contributed by atoms with Gasteiger partial charge in [-0.15, -0.1) is 12.4 Å². The van der Waals surface area contributed by atoms with E-state index < -0.39 is 0 Å². The van der Waals surface area contributed by atoms with Crippen LogP contribution in [0.2, 0.25) is 0 Å². The Morgan fingerprint density at radius 3 is 2.50 bits per heavy atom. The number of aromatic hydroxyl groups is 1. The first-order valence-corrected chi connectivity index (χ1v) is 7.83. The molecule has 2 N–H and O–H groups in total. The highest BCUT2D eigenvalue weighted by atomic mass is 35.5. The molecule has 2 heterocycles. The van der Waals surface area contributed by atoms with Crippen molar-refractivity contribution in [3.63, 3.8) is 0 Å². The van der Waals surface area contributed by atoms with Crippen molar-refractivity contribution in [2.75, 3.05) is 45.9 Å². The fraction of sp³-hybridized carbons (Fsp3) is 0.500. The number of phenolic OH excluding ortho intramolecular Hbond substituents is 1. The molecule has 0 aromatic heterocycles. The Kier molecular flexibility index (Phi) is 6.42. The third-order valence-electron chi connectivity index (χ3n) is 4.19. The molecule has 2 saturated heterocycles. The Bertz CT molecular complexity index is 584. The van der Waals surface area contributed by atoms with Crippen LogP contribution in [0.3, 0.4) is 0 Å². The molecule has 2 fully saturated rings. The molecule has 1 aromatic carbocycles. The molecule has 24 heavy (non-hydrogen) atoms. The zero-order chi connectivity index (χ0) is 16.2. The smallest absolute Gasteiger partial charge is 0.254 e. The van der Waals surface area contributed by atoms with Crippen LogP contribution in [0.15, 0.2) is 24.3 Å². The van der Waals surface area contributed by atoms with Gasteiger partial charge in [0.15, 0.2) is 0 Å². The second-order valence-electron chi connectivity index (χ2n) is 5.75. The van der Waals surface area contributed by atoms with E-state index in [0.29, 0.717) is 51.5 Å². The molecule has 1 unspecified atom stereocenters. The van der Waals surface area contributed by atoms with Crippen LogP contribution in [-0.4, -0.2) is 78.7 Å². The topological polar surface area (TPSA) is 82.1 Å². The van der Waals surface area contributed by atoms with Gasteiger partial charge in [0.1, 0.15) is 11.8 Å². The highest BCUT2D eigenvalue weighted by Gasteiger charge is 2.30. The number of piperazine rings is 1. The van der Waals surface area contributed by atoms with E-state index in [9.17, 15) is 14.7 Å². The van der Waals surface area contributed by atoms with Gasteiger partial charge in [0.05, 0.1) is 13.2 Å². The van der Waals surface area contributed by atoms with Crippen LogP contribution in [0.5, 0.6) is 5.75 Å². The van der Waals surface area contributed by atoms with Crippen molar-refractivity contribution in [3.05, 3.63) is 29.8 Å². The summed E-state index contributed by atoms with van der Waals surface area (Å²) in [6.45, 7) is 3.74. The van der Waals surface area contributed by atoms with Crippen molar-refractivity contribution in [3.8, 4) is 5.75 Å². The Morgan fingerprint density at radius 1 is 1.17 bits per heavy atom. The summed E-state index contributed by atoms with van der Waals surface area (Å²) >= 11 is 0. The van der Waals surface area contributed by atoms with Gasteiger partial charge in [0.25, 0.3) is 5.91 Å². The van der Waals surface area contributed by atoms with Crippen LogP contribution in [0.1, 0.15) is 10.4 Å². The highest BCUT2D eigenvalue weighted by Crippen LogP contribution is 2.15. The monoisotopic (exact) mass is 355 g/mol. The number of hydrogen-bond acceptors (Lipinski definition) is 5. The minimum Gasteiger partial charge on any atom is -0.508 e. The number of amides is 2. The standard InChI is InChI=1S/C16H21N3O4.ClH/c20-13-3-1-2-12(10-13)15(21)18-5-7-19(8-6-18)16(22)14-11-23-9-4-17-14;/h1-3,10,14,17,20H,4-9,11H2;1H. The van der Waals surface area contributed by atoms with E-state index in [1.165, 1.54) is 12.1 Å². The maximum atomic E-state index is 12.4. The molecule has 7 nitrogen and oxygen atoms in total. The molecule has 2 aliphatic heterocycles. The Balaban J connectivity index is 0.00000208. The normalized spacial score (nSPS) is 21.1. The lowest BCUT2D eigenvalue weighted by atomic mass is 10.1. The molecule has 3 rings (SSSR count). The summed E-state index contributed by atoms with van der Waals surface area (Å²) in [7, 11) is 0. The molecule has 0 radical (unpaired) electrons. The van der Waals surface area contributed by atoms with Crippen molar-refractivity contribution in [1.82, 2.24) is 15.1 Å². The molecule has 1 atom stereocenters. The molecule has 1 aromatic rings. The number of benzene rings is 1. The van der Waals surface area contributed by atoms with Crippen LogP contribution >= 0.6 is 12.4 Å². The second kappa shape index (κ2) is 8.32. The first kappa shape index (κ1) is 18.5. The van der Waals surface area contributed by atoms with Crippen LogP contribution in [0.25, 0.3) is 0 Å². The van der Waals surface area contributed by atoms with E-state index in [2.05, 4.69) is 5.32 Å². The predicted octanol–water partition coefficient (Wildman–Crippen LogP) is 0.0868. The lowest BCUT2D eigenvalue weighted by Gasteiger charge is -2.37. The van der Waals surface area contributed by atoms with E-state index in [4.69, 9.17) is 4.74 Å². The number of ether oxygens (including phenoxy) is 1. The molecule has 0 aliphatic carbocycles. The van der Waals surface area contributed by atoms with E-state index in [-0.39, 0.29) is 36.0 Å². The van der Waals surface area contributed by atoms with Gasteiger partial charge in [-0.3, -0.25) is 9.59 Å². The molecule has 8 heteroatoms. The number of nitrogens with one attached hydrogen (secondary N) is 1. The van der Waals surface area contributed by atoms with Gasteiger partial charge in [0.2, 0.25) is 5.91 Å². The molecule has 0 bridgehead atoms. The van der Waals surface area contributed by atoms with Crippen LogP contribution < -0.4 is 5.32 Å². The Labute approximate surface area is 147 Å². The number of rotatable bonds is 2. The van der Waals surface area contributed by atoms with Crippen LogP contribution in [0, 0.1) is 0 Å². The first-order valence-electron chi connectivity index (χ1n) is 7.83. The summed E-state index contributed by atoms with van der Waals surface area (Å²) in [5, 5.41) is 12.6. The minimum absolute atomic E-state index is 0. The minimum atomic E-state index is -0.280. The van der Waals surface area contributed by atoms with Gasteiger partial charge >= 0.3 is 0 Å². The molecular formula is C16H22ClN3O4. The fourth-order valence-electron chi connectivity index (χ4n) is 2.90. The number of hydrogen-bond donors (Lipinski definition) is 2. The molecule has 2 amide bonds. The summed E-state index contributed by atoms with van der Waals surface area (Å²) in [6.07, 6.45) is 0. The molecular weight excluding hydrogens is 334 g/mol. The van der Waals surface area contributed by atoms with E-state index >= 15 is 0 Å². The lowest BCUT2D eigenvalue weighted by molar-refractivity contribution is -0.137. The largest absolute Gasteiger partial charge is 0.508 e. The third kappa shape index (κ3) is 4.17. The van der Waals surface area contributed by atoms with Gasteiger partial charge in [0, 0.05) is 38.3 Å². The van der Waals surface area contributed by atoms with Crippen LogP contribution in [0.4, 0.5) is 0 Å². The molecule has 0 spiro atoms. The summed E-state index contributed by atoms with van der Waals surface area (Å²) in [6, 6.07) is 6.05. The Morgan fingerprint density at radius 2 is 1.88 bits per heavy atom. The van der Waals surface area contributed by atoms with Crippen LogP contribution in [-0.2, 0) is 9.53 Å². The summed E-state index contributed by atoms with van der Waals surface area (Å²) in [5.74, 6) is -0.00526.